The van der Waals surface area contributed by atoms with Crippen molar-refractivity contribution in [1.29, 1.82) is 0 Å². The molecule has 1 aromatic rings. The summed E-state index contributed by atoms with van der Waals surface area (Å²) in [5, 5.41) is 0. The van der Waals surface area contributed by atoms with Crippen LogP contribution in [0.3, 0.4) is 0 Å². The smallest absolute Gasteiger partial charge is 0.335 e. The highest BCUT2D eigenvalue weighted by Gasteiger charge is 2.01. The van der Waals surface area contributed by atoms with Crippen molar-refractivity contribution in [3.05, 3.63) is 42.0 Å². The van der Waals surface area contributed by atoms with E-state index >= 15 is 0 Å². The highest BCUT2D eigenvalue weighted by Crippen LogP contribution is 2.16. The van der Waals surface area contributed by atoms with E-state index in [1.807, 2.05) is 25.1 Å². The second-order valence-electron chi connectivity index (χ2n) is 2.69. The number of benzene rings is 1. The van der Waals surface area contributed by atoms with E-state index in [1.165, 1.54) is 6.08 Å². The lowest BCUT2D eigenvalue weighted by molar-refractivity contribution is -0.129. The van der Waals surface area contributed by atoms with Crippen LogP contribution < -0.4 is 4.74 Å². The van der Waals surface area contributed by atoms with Gasteiger partial charge in [-0.25, -0.2) is 4.79 Å². The summed E-state index contributed by atoms with van der Waals surface area (Å²) >= 11 is 0. The van der Waals surface area contributed by atoms with Crippen molar-refractivity contribution in [1.82, 2.24) is 0 Å². The molecular formula is C11H12O2. The number of hydrogen-bond acceptors (Lipinski definition) is 2. The van der Waals surface area contributed by atoms with Crippen molar-refractivity contribution in [2.75, 3.05) is 0 Å². The van der Waals surface area contributed by atoms with Crippen LogP contribution in [-0.2, 0) is 4.79 Å². The zero-order valence-electron chi connectivity index (χ0n) is 7.78. The lowest BCUT2D eigenvalue weighted by Gasteiger charge is -2.03. The lowest BCUT2D eigenvalue weighted by atomic mass is 10.2. The topological polar surface area (TPSA) is 26.3 Å². The van der Waals surface area contributed by atoms with Gasteiger partial charge >= 0.3 is 5.97 Å². The van der Waals surface area contributed by atoms with Crippen LogP contribution in [0.4, 0.5) is 0 Å². The second kappa shape index (κ2) is 4.45. The fourth-order valence-electron chi connectivity index (χ4n) is 0.949. The number of hydrogen-bond donors (Lipinski definition) is 0. The fourth-order valence-corrected chi connectivity index (χ4v) is 0.949. The molecule has 0 fully saturated rings. The highest BCUT2D eigenvalue weighted by molar-refractivity contribution is 5.84. The van der Waals surface area contributed by atoms with Gasteiger partial charge in [-0.05, 0) is 25.5 Å². The molecule has 2 heteroatoms. The maximum atomic E-state index is 11.1. The number of rotatable bonds is 2. The summed E-state index contributed by atoms with van der Waals surface area (Å²) in [6.07, 6.45) is 3.05. The predicted molar refractivity (Wildman–Crippen MR) is 51.6 cm³/mol. The number of allylic oxidation sites excluding steroid dienone is 1. The molecule has 68 valence electrons. The van der Waals surface area contributed by atoms with Crippen LogP contribution in [0.25, 0.3) is 0 Å². The van der Waals surface area contributed by atoms with Crippen molar-refractivity contribution in [3.63, 3.8) is 0 Å². The molecule has 0 aromatic heterocycles. The molecule has 1 aromatic carbocycles. The Morgan fingerprint density at radius 3 is 2.69 bits per heavy atom. The average molecular weight is 176 g/mol. The van der Waals surface area contributed by atoms with Gasteiger partial charge in [0, 0.05) is 6.08 Å². The zero-order valence-corrected chi connectivity index (χ0v) is 7.78. The number of carbonyl (C=O) groups excluding carboxylic acids is 1. The van der Waals surface area contributed by atoms with Crippen molar-refractivity contribution in [2.45, 2.75) is 13.8 Å². The minimum absolute atomic E-state index is 0.336. The van der Waals surface area contributed by atoms with Crippen LogP contribution in [0, 0.1) is 6.92 Å². The maximum absolute atomic E-state index is 11.1. The molecule has 0 saturated heterocycles. The first kappa shape index (κ1) is 9.52. The van der Waals surface area contributed by atoms with E-state index in [0.29, 0.717) is 5.75 Å². The van der Waals surface area contributed by atoms with E-state index in [4.69, 9.17) is 4.74 Å². The van der Waals surface area contributed by atoms with Crippen LogP contribution in [0.5, 0.6) is 5.75 Å². The minimum Gasteiger partial charge on any atom is -0.423 e. The van der Waals surface area contributed by atoms with Gasteiger partial charge in [0.1, 0.15) is 5.75 Å². The van der Waals surface area contributed by atoms with Crippen molar-refractivity contribution < 1.29 is 9.53 Å². The Labute approximate surface area is 77.8 Å². The molecule has 13 heavy (non-hydrogen) atoms. The molecule has 0 heterocycles. The van der Waals surface area contributed by atoms with E-state index < -0.39 is 0 Å². The molecule has 0 aliphatic rings. The highest BCUT2D eigenvalue weighted by atomic mass is 16.5. The predicted octanol–water partition coefficient (Wildman–Crippen LogP) is 2.48. The van der Waals surface area contributed by atoms with E-state index in [9.17, 15) is 4.79 Å². The third kappa shape index (κ3) is 2.75. The van der Waals surface area contributed by atoms with E-state index in [1.54, 1.807) is 19.1 Å². The normalized spacial score (nSPS) is 10.3. The van der Waals surface area contributed by atoms with Crippen molar-refractivity contribution in [3.8, 4) is 5.75 Å². The molecule has 0 bridgehead atoms. The molecule has 2 nitrogen and oxygen atoms in total. The Morgan fingerprint density at radius 1 is 1.38 bits per heavy atom. The van der Waals surface area contributed by atoms with Gasteiger partial charge in [-0.1, -0.05) is 24.3 Å². The van der Waals surface area contributed by atoms with E-state index in [-0.39, 0.29) is 5.97 Å². The maximum Gasteiger partial charge on any atom is 0.335 e. The summed E-state index contributed by atoms with van der Waals surface area (Å²) in [6.45, 7) is 3.68. The van der Waals surface area contributed by atoms with Gasteiger partial charge in [-0.2, -0.15) is 0 Å². The Morgan fingerprint density at radius 2 is 2.08 bits per heavy atom. The zero-order chi connectivity index (χ0) is 9.68. The van der Waals surface area contributed by atoms with Crippen LogP contribution in [-0.4, -0.2) is 5.97 Å². The third-order valence-electron chi connectivity index (χ3n) is 1.61. The van der Waals surface area contributed by atoms with Crippen LogP contribution in [0.15, 0.2) is 36.4 Å². The van der Waals surface area contributed by atoms with Crippen LogP contribution in [0.1, 0.15) is 12.5 Å². The third-order valence-corrected chi connectivity index (χ3v) is 1.61. The molecule has 0 aliphatic heterocycles. The van der Waals surface area contributed by atoms with Crippen molar-refractivity contribution >= 4 is 5.97 Å². The fraction of sp³-hybridized carbons (Fsp3) is 0.182. The number of esters is 1. The molecular weight excluding hydrogens is 164 g/mol. The molecule has 0 N–H and O–H groups in total. The molecule has 0 saturated carbocycles. The van der Waals surface area contributed by atoms with E-state index in [0.717, 1.165) is 5.56 Å². The number of para-hydroxylation sites is 1. The quantitative estimate of drug-likeness (QED) is 0.393. The van der Waals surface area contributed by atoms with Gasteiger partial charge in [-0.3, -0.25) is 0 Å². The van der Waals surface area contributed by atoms with E-state index in [2.05, 4.69) is 0 Å². The number of aryl methyl sites for hydroxylation is 1. The first-order valence-electron chi connectivity index (χ1n) is 4.14. The summed E-state index contributed by atoms with van der Waals surface area (Å²) in [7, 11) is 0. The summed E-state index contributed by atoms with van der Waals surface area (Å²) < 4.78 is 5.06. The molecule has 0 spiro atoms. The number of carbonyl (C=O) groups is 1. The first-order chi connectivity index (χ1) is 6.24. The van der Waals surface area contributed by atoms with Gasteiger partial charge < -0.3 is 4.74 Å². The van der Waals surface area contributed by atoms with Gasteiger partial charge in [0.2, 0.25) is 0 Å². The molecule has 1 rings (SSSR count). The molecule has 0 radical (unpaired) electrons. The van der Waals surface area contributed by atoms with Gasteiger partial charge in [-0.15, -0.1) is 0 Å². The summed E-state index contributed by atoms with van der Waals surface area (Å²) in [5.74, 6) is 0.280. The largest absolute Gasteiger partial charge is 0.423 e. The monoisotopic (exact) mass is 176 g/mol. The van der Waals surface area contributed by atoms with Gasteiger partial charge in [0.15, 0.2) is 0 Å². The molecule has 0 amide bonds. The number of ether oxygens (including phenoxy) is 1. The molecule has 0 unspecified atom stereocenters. The Balaban J connectivity index is 2.74. The van der Waals surface area contributed by atoms with Crippen LogP contribution in [0.2, 0.25) is 0 Å². The summed E-state index contributed by atoms with van der Waals surface area (Å²) in [6, 6.07) is 7.42. The van der Waals surface area contributed by atoms with Crippen LogP contribution >= 0.6 is 0 Å². The lowest BCUT2D eigenvalue weighted by Crippen LogP contribution is -2.04. The minimum atomic E-state index is -0.336. The summed E-state index contributed by atoms with van der Waals surface area (Å²) in [5.41, 5.74) is 0.959. The second-order valence-corrected chi connectivity index (χ2v) is 2.69. The summed E-state index contributed by atoms with van der Waals surface area (Å²) in [4.78, 5) is 11.1. The molecule has 0 aliphatic carbocycles. The average Bonchev–Trinajstić information content (AvgIpc) is 2.09. The SMILES string of the molecule is C/C=C/C(=O)Oc1ccccc1C. The van der Waals surface area contributed by atoms with Gasteiger partial charge in [0.05, 0.1) is 0 Å². The Bertz CT molecular complexity index is 327. The standard InChI is InChI=1S/C11H12O2/c1-3-6-11(12)13-10-8-5-4-7-9(10)2/h3-8H,1-2H3/b6-3+. The Kier molecular flexibility index (Phi) is 3.26. The Hall–Kier alpha value is -1.57. The molecule has 0 atom stereocenters. The first-order valence-corrected chi connectivity index (χ1v) is 4.14. The van der Waals surface area contributed by atoms with Gasteiger partial charge in [0.25, 0.3) is 0 Å². The van der Waals surface area contributed by atoms with Crippen molar-refractivity contribution in [2.24, 2.45) is 0 Å².